The van der Waals surface area contributed by atoms with Crippen LogP contribution in [0.3, 0.4) is 0 Å². The van der Waals surface area contributed by atoms with Gasteiger partial charge in [-0.2, -0.15) is 0 Å². The van der Waals surface area contributed by atoms with Gasteiger partial charge in [0, 0.05) is 12.6 Å². The predicted molar refractivity (Wildman–Crippen MR) is 54.9 cm³/mol. The number of ether oxygens (including phenoxy) is 1. The van der Waals surface area contributed by atoms with Crippen LogP contribution in [0.1, 0.15) is 16.1 Å². The molecule has 0 aromatic carbocycles. The van der Waals surface area contributed by atoms with Crippen molar-refractivity contribution in [2.45, 2.75) is 12.5 Å². The highest BCUT2D eigenvalue weighted by molar-refractivity contribution is 5.89. The number of carboxylic acid groups (broad SMARTS) is 1. The van der Waals surface area contributed by atoms with Gasteiger partial charge in [0.1, 0.15) is 6.04 Å². The van der Waals surface area contributed by atoms with Crippen LogP contribution < -0.4 is 5.73 Å². The third-order valence-corrected chi connectivity index (χ3v) is 2.04. The zero-order valence-corrected chi connectivity index (χ0v) is 8.71. The Balaban J connectivity index is 2.88. The Kier molecular flexibility index (Phi) is 3.96. The van der Waals surface area contributed by atoms with Gasteiger partial charge in [0.25, 0.3) is 0 Å². The van der Waals surface area contributed by atoms with E-state index in [2.05, 4.69) is 9.72 Å². The lowest BCUT2D eigenvalue weighted by Gasteiger charge is -2.09. The van der Waals surface area contributed by atoms with Crippen LogP contribution in [-0.4, -0.2) is 35.2 Å². The maximum absolute atomic E-state index is 11.1. The quantitative estimate of drug-likeness (QED) is 0.688. The number of carbonyl (C=O) groups excluding carboxylic acids is 1. The molecule has 0 unspecified atom stereocenters. The van der Waals surface area contributed by atoms with Crippen molar-refractivity contribution in [1.29, 1.82) is 0 Å². The Labute approximate surface area is 92.0 Å². The molecule has 0 radical (unpaired) electrons. The zero-order chi connectivity index (χ0) is 12.1. The first kappa shape index (κ1) is 12.1. The molecule has 3 N–H and O–H groups in total. The SMILES string of the molecule is COC(=O)[C@@H](N)Cc1ncccc1C(=O)O. The molecule has 0 saturated heterocycles. The number of aromatic nitrogens is 1. The fourth-order valence-corrected chi connectivity index (χ4v) is 1.24. The third-order valence-electron chi connectivity index (χ3n) is 2.04. The molecule has 0 aliphatic carbocycles. The van der Waals surface area contributed by atoms with Crippen LogP contribution in [0.25, 0.3) is 0 Å². The van der Waals surface area contributed by atoms with Gasteiger partial charge in [-0.25, -0.2) is 4.79 Å². The number of carboxylic acids is 1. The highest BCUT2D eigenvalue weighted by Gasteiger charge is 2.19. The molecule has 0 amide bonds. The third kappa shape index (κ3) is 2.77. The fraction of sp³-hybridized carbons (Fsp3) is 0.300. The van der Waals surface area contributed by atoms with Crippen LogP contribution in [0, 0.1) is 0 Å². The van der Waals surface area contributed by atoms with Crippen molar-refractivity contribution in [2.75, 3.05) is 7.11 Å². The first-order valence-electron chi connectivity index (χ1n) is 4.57. The first-order chi connectivity index (χ1) is 7.56. The van der Waals surface area contributed by atoms with E-state index in [0.29, 0.717) is 0 Å². The molecule has 6 heteroatoms. The Bertz CT molecular complexity index is 406. The van der Waals surface area contributed by atoms with Crippen molar-refractivity contribution in [3.05, 3.63) is 29.6 Å². The van der Waals surface area contributed by atoms with Crippen LogP contribution in [0.5, 0.6) is 0 Å². The molecule has 0 spiro atoms. The second-order valence-corrected chi connectivity index (χ2v) is 3.14. The molecule has 0 fully saturated rings. The van der Waals surface area contributed by atoms with E-state index in [0.717, 1.165) is 0 Å². The summed E-state index contributed by atoms with van der Waals surface area (Å²) in [5.74, 6) is -1.69. The average Bonchev–Trinajstić information content (AvgIpc) is 2.28. The van der Waals surface area contributed by atoms with Gasteiger partial charge in [-0.1, -0.05) is 0 Å². The number of rotatable bonds is 4. The van der Waals surface area contributed by atoms with Gasteiger partial charge in [0.15, 0.2) is 0 Å². The predicted octanol–water partition coefficient (Wildman–Crippen LogP) is -0.177. The summed E-state index contributed by atoms with van der Waals surface area (Å²) in [6, 6.07) is 2.02. The number of methoxy groups -OCH3 is 1. The number of nitrogens with two attached hydrogens (primary N) is 1. The summed E-state index contributed by atoms with van der Waals surface area (Å²) in [5.41, 5.74) is 5.84. The maximum atomic E-state index is 11.1. The van der Waals surface area contributed by atoms with E-state index in [1.54, 1.807) is 0 Å². The molecule has 0 saturated carbocycles. The molecule has 0 aliphatic rings. The highest BCUT2D eigenvalue weighted by atomic mass is 16.5. The van der Waals surface area contributed by atoms with E-state index < -0.39 is 18.0 Å². The molecule has 1 heterocycles. The van der Waals surface area contributed by atoms with Crippen molar-refractivity contribution in [3.63, 3.8) is 0 Å². The molecule has 6 nitrogen and oxygen atoms in total. The largest absolute Gasteiger partial charge is 0.478 e. The van der Waals surface area contributed by atoms with Crippen LogP contribution in [0.4, 0.5) is 0 Å². The maximum Gasteiger partial charge on any atom is 0.337 e. The van der Waals surface area contributed by atoms with E-state index in [1.807, 2.05) is 0 Å². The Hall–Kier alpha value is -1.95. The monoisotopic (exact) mass is 224 g/mol. The Morgan fingerprint density at radius 1 is 1.62 bits per heavy atom. The van der Waals surface area contributed by atoms with Gasteiger partial charge in [0.2, 0.25) is 0 Å². The van der Waals surface area contributed by atoms with Gasteiger partial charge in [-0.15, -0.1) is 0 Å². The van der Waals surface area contributed by atoms with Crippen molar-refractivity contribution in [2.24, 2.45) is 5.73 Å². The van der Waals surface area contributed by atoms with Gasteiger partial charge in [-0.3, -0.25) is 9.78 Å². The van der Waals surface area contributed by atoms with E-state index in [1.165, 1.54) is 25.4 Å². The summed E-state index contributed by atoms with van der Waals surface area (Å²) in [7, 11) is 1.22. The fourth-order valence-electron chi connectivity index (χ4n) is 1.24. The van der Waals surface area contributed by atoms with Crippen LogP contribution >= 0.6 is 0 Å². The molecule has 0 bridgehead atoms. The lowest BCUT2D eigenvalue weighted by atomic mass is 10.1. The lowest BCUT2D eigenvalue weighted by Crippen LogP contribution is -2.34. The smallest absolute Gasteiger partial charge is 0.337 e. The van der Waals surface area contributed by atoms with Crippen molar-refractivity contribution < 1.29 is 19.4 Å². The summed E-state index contributed by atoms with van der Waals surface area (Å²) in [6.07, 6.45) is 1.49. The summed E-state index contributed by atoms with van der Waals surface area (Å²) < 4.78 is 4.45. The summed E-state index contributed by atoms with van der Waals surface area (Å²) in [6.45, 7) is 0. The number of hydrogen-bond acceptors (Lipinski definition) is 5. The van der Waals surface area contributed by atoms with E-state index in [-0.39, 0.29) is 17.7 Å². The molecule has 86 valence electrons. The number of esters is 1. The van der Waals surface area contributed by atoms with Crippen molar-refractivity contribution in [1.82, 2.24) is 4.98 Å². The standard InChI is InChI=1S/C10H12N2O4/c1-16-10(15)7(11)5-8-6(9(13)14)3-2-4-12-8/h2-4,7H,5,11H2,1H3,(H,13,14)/t7-/m0/s1. The van der Waals surface area contributed by atoms with Crippen LogP contribution in [0.2, 0.25) is 0 Å². The van der Waals surface area contributed by atoms with Crippen molar-refractivity contribution in [3.8, 4) is 0 Å². The molecular formula is C10H12N2O4. The first-order valence-corrected chi connectivity index (χ1v) is 4.57. The molecular weight excluding hydrogens is 212 g/mol. The van der Waals surface area contributed by atoms with Gasteiger partial charge in [0.05, 0.1) is 18.4 Å². The number of carbonyl (C=O) groups is 2. The molecule has 1 atom stereocenters. The minimum absolute atomic E-state index is 0.0369. The van der Waals surface area contributed by atoms with E-state index in [4.69, 9.17) is 10.8 Å². The topological polar surface area (TPSA) is 103 Å². The molecule has 16 heavy (non-hydrogen) atoms. The number of nitrogens with zero attached hydrogens (tertiary/aromatic N) is 1. The minimum atomic E-state index is -1.10. The van der Waals surface area contributed by atoms with Gasteiger partial charge < -0.3 is 15.6 Å². The Morgan fingerprint density at radius 3 is 2.88 bits per heavy atom. The zero-order valence-electron chi connectivity index (χ0n) is 8.71. The molecule has 1 rings (SSSR count). The molecule has 1 aromatic rings. The number of hydrogen-bond donors (Lipinski definition) is 2. The molecule has 0 aliphatic heterocycles. The van der Waals surface area contributed by atoms with Crippen LogP contribution in [-0.2, 0) is 16.0 Å². The highest BCUT2D eigenvalue weighted by Crippen LogP contribution is 2.08. The average molecular weight is 224 g/mol. The van der Waals surface area contributed by atoms with Crippen molar-refractivity contribution >= 4 is 11.9 Å². The normalized spacial score (nSPS) is 11.9. The van der Waals surface area contributed by atoms with Gasteiger partial charge >= 0.3 is 11.9 Å². The number of aromatic carboxylic acids is 1. The second kappa shape index (κ2) is 5.22. The summed E-state index contributed by atoms with van der Waals surface area (Å²) >= 11 is 0. The summed E-state index contributed by atoms with van der Waals surface area (Å²) in [5, 5.41) is 8.88. The molecule has 1 aromatic heterocycles. The van der Waals surface area contributed by atoms with Crippen LogP contribution in [0.15, 0.2) is 18.3 Å². The van der Waals surface area contributed by atoms with E-state index >= 15 is 0 Å². The lowest BCUT2D eigenvalue weighted by molar-refractivity contribution is -0.142. The Morgan fingerprint density at radius 2 is 2.31 bits per heavy atom. The second-order valence-electron chi connectivity index (χ2n) is 3.14. The minimum Gasteiger partial charge on any atom is -0.478 e. The summed E-state index contributed by atoms with van der Waals surface area (Å²) in [4.78, 5) is 25.8. The number of pyridine rings is 1. The van der Waals surface area contributed by atoms with Gasteiger partial charge in [-0.05, 0) is 12.1 Å². The van der Waals surface area contributed by atoms with E-state index in [9.17, 15) is 9.59 Å².